The number of rotatable bonds is 9. The summed E-state index contributed by atoms with van der Waals surface area (Å²) in [5.41, 5.74) is 7.80. The van der Waals surface area contributed by atoms with Gasteiger partial charge in [0.15, 0.2) is 6.10 Å². The zero-order chi connectivity index (χ0) is 24.2. The number of nitrogens with one attached hydrogen (secondary N) is 1. The molecule has 2 aliphatic rings. The number of nitrogens with two attached hydrogens (primary N) is 1. The monoisotopic (exact) mass is 494 g/mol. The van der Waals surface area contributed by atoms with Crippen LogP contribution in [0.5, 0.6) is 5.75 Å². The van der Waals surface area contributed by atoms with Crippen LogP contribution < -0.4 is 20.9 Å². The van der Waals surface area contributed by atoms with Crippen molar-refractivity contribution in [3.8, 4) is 11.4 Å². The minimum Gasteiger partial charge on any atom is -0.480 e. The zero-order valence-corrected chi connectivity index (χ0v) is 20.4. The summed E-state index contributed by atoms with van der Waals surface area (Å²) in [5, 5.41) is 8.13. The number of tetrazole rings is 1. The van der Waals surface area contributed by atoms with Gasteiger partial charge in [-0.25, -0.2) is 4.79 Å². The van der Waals surface area contributed by atoms with Gasteiger partial charge in [0.2, 0.25) is 0 Å². The summed E-state index contributed by atoms with van der Waals surface area (Å²) in [7, 11) is 0. The van der Waals surface area contributed by atoms with E-state index in [1.54, 1.807) is 0 Å². The number of aromatic nitrogens is 4. The number of ether oxygens (including phenoxy) is 1. The van der Waals surface area contributed by atoms with Crippen LogP contribution >= 0.6 is 11.9 Å². The lowest BCUT2D eigenvalue weighted by Crippen LogP contribution is -2.36. The van der Waals surface area contributed by atoms with E-state index in [4.69, 9.17) is 10.5 Å². The number of hydrogen-bond acceptors (Lipinski definition) is 7. The van der Waals surface area contributed by atoms with Crippen LogP contribution in [0.3, 0.4) is 0 Å². The maximum absolute atomic E-state index is 12.7. The van der Waals surface area contributed by atoms with E-state index in [1.807, 2.05) is 36.4 Å². The van der Waals surface area contributed by atoms with Crippen molar-refractivity contribution < 1.29 is 9.53 Å². The zero-order valence-electron chi connectivity index (χ0n) is 19.6. The van der Waals surface area contributed by atoms with Crippen molar-refractivity contribution in [2.24, 2.45) is 11.7 Å². The van der Waals surface area contributed by atoms with E-state index in [2.05, 4.69) is 21.2 Å². The first-order valence-electron chi connectivity index (χ1n) is 12.2. The maximum atomic E-state index is 12.7. The molecule has 3 aromatic rings. The lowest BCUT2D eigenvalue weighted by atomic mass is 10.0. The fraction of sp³-hybridized carbons (Fsp3) is 0.440. The van der Waals surface area contributed by atoms with Crippen molar-refractivity contribution >= 4 is 23.5 Å². The fourth-order valence-corrected chi connectivity index (χ4v) is 5.53. The van der Waals surface area contributed by atoms with Crippen LogP contribution in [0.15, 0.2) is 52.2 Å². The quantitative estimate of drug-likeness (QED) is 0.436. The molecule has 1 fully saturated rings. The fourth-order valence-electron chi connectivity index (χ4n) is 4.82. The van der Waals surface area contributed by atoms with Crippen molar-refractivity contribution in [3.05, 3.63) is 58.5 Å². The van der Waals surface area contributed by atoms with Crippen LogP contribution in [0.4, 0.5) is 5.69 Å². The Labute approximate surface area is 208 Å². The third-order valence-corrected chi connectivity index (χ3v) is 7.62. The van der Waals surface area contributed by atoms with Crippen LogP contribution in [0, 0.1) is 5.92 Å². The van der Waals surface area contributed by atoms with E-state index < -0.39 is 12.0 Å². The number of carbonyl (C=O) groups excluding carboxylic acids is 1. The van der Waals surface area contributed by atoms with Crippen molar-refractivity contribution in [2.75, 3.05) is 4.72 Å². The molecule has 5 rings (SSSR count). The second kappa shape index (κ2) is 10.6. The Kier molecular flexibility index (Phi) is 7.08. The highest BCUT2D eigenvalue weighted by atomic mass is 32.2. The maximum Gasteiger partial charge on any atom is 0.368 e. The third kappa shape index (κ3) is 5.53. The molecule has 35 heavy (non-hydrogen) atoms. The van der Waals surface area contributed by atoms with E-state index in [1.165, 1.54) is 47.0 Å². The van der Waals surface area contributed by atoms with Gasteiger partial charge in [-0.2, -0.15) is 9.36 Å². The molecule has 1 aliphatic carbocycles. The molecule has 0 spiro atoms. The Bertz CT molecular complexity index is 1230. The molecule has 1 amide bonds. The molecular formula is C25H30N6O3S. The first kappa shape index (κ1) is 23.5. The van der Waals surface area contributed by atoms with Crippen LogP contribution in [-0.2, 0) is 17.8 Å². The second-order valence-electron chi connectivity index (χ2n) is 9.26. The number of carbonyl (C=O) groups is 1. The number of hydrogen-bond donors (Lipinski definition) is 2. The lowest BCUT2D eigenvalue weighted by molar-refractivity contribution is -0.125. The van der Waals surface area contributed by atoms with Gasteiger partial charge in [-0.15, -0.1) is 0 Å². The van der Waals surface area contributed by atoms with Crippen molar-refractivity contribution in [1.29, 1.82) is 0 Å². The van der Waals surface area contributed by atoms with E-state index in [0.29, 0.717) is 24.4 Å². The highest BCUT2D eigenvalue weighted by molar-refractivity contribution is 8.00. The van der Waals surface area contributed by atoms with Gasteiger partial charge in [0.25, 0.3) is 5.91 Å². The third-order valence-electron chi connectivity index (χ3n) is 6.79. The number of amides is 1. The number of nitrogens with zero attached hydrogens (tertiary/aromatic N) is 4. The molecule has 1 unspecified atom stereocenters. The molecule has 10 heteroatoms. The summed E-state index contributed by atoms with van der Waals surface area (Å²) >= 11 is 1.48. The number of primary amides is 1. The average Bonchev–Trinajstić information content (AvgIpc) is 3.53. The van der Waals surface area contributed by atoms with Crippen LogP contribution in [0.2, 0.25) is 0 Å². The smallest absolute Gasteiger partial charge is 0.368 e. The van der Waals surface area contributed by atoms with Crippen molar-refractivity contribution in [2.45, 2.75) is 68.9 Å². The summed E-state index contributed by atoms with van der Waals surface area (Å²) in [6, 6.07) is 13.4. The molecule has 1 atom stereocenters. The van der Waals surface area contributed by atoms with Gasteiger partial charge in [-0.3, -0.25) is 4.79 Å². The summed E-state index contributed by atoms with van der Waals surface area (Å²) in [4.78, 5) is 25.1. The largest absolute Gasteiger partial charge is 0.480 e. The van der Waals surface area contributed by atoms with Gasteiger partial charge >= 0.3 is 5.69 Å². The molecule has 0 bridgehead atoms. The number of fused-ring (bicyclic) bond motifs is 1. The van der Waals surface area contributed by atoms with E-state index >= 15 is 0 Å². The summed E-state index contributed by atoms with van der Waals surface area (Å²) < 4.78 is 11.8. The van der Waals surface area contributed by atoms with Crippen LogP contribution in [0.25, 0.3) is 5.69 Å². The van der Waals surface area contributed by atoms with Gasteiger partial charge < -0.3 is 15.2 Å². The van der Waals surface area contributed by atoms with E-state index in [-0.39, 0.29) is 5.69 Å². The minimum absolute atomic E-state index is 0.207. The Hall–Kier alpha value is -3.27. The van der Waals surface area contributed by atoms with Gasteiger partial charge in [0.1, 0.15) is 5.75 Å². The highest BCUT2D eigenvalue weighted by Gasteiger charge is 2.24. The second-order valence-corrected chi connectivity index (χ2v) is 10.1. The molecule has 2 aromatic carbocycles. The van der Waals surface area contributed by atoms with Crippen molar-refractivity contribution in [1.82, 2.24) is 19.8 Å². The molecule has 184 valence electrons. The normalized spacial score (nSPS) is 17.7. The lowest BCUT2D eigenvalue weighted by Gasteiger charge is -2.24. The molecule has 9 nitrogen and oxygen atoms in total. The molecule has 1 aromatic heterocycles. The Morgan fingerprint density at radius 1 is 1.11 bits per heavy atom. The molecule has 1 saturated carbocycles. The molecule has 0 radical (unpaired) electrons. The predicted octanol–water partition coefficient (Wildman–Crippen LogP) is 3.70. The van der Waals surface area contributed by atoms with E-state index in [9.17, 15) is 9.59 Å². The Morgan fingerprint density at radius 3 is 2.69 bits per heavy atom. The number of benzene rings is 2. The molecule has 3 N–H and O–H groups in total. The van der Waals surface area contributed by atoms with Crippen LogP contribution in [-0.4, -0.2) is 31.8 Å². The topological polar surface area (TPSA) is 117 Å². The summed E-state index contributed by atoms with van der Waals surface area (Å²) in [6.07, 6.45) is 8.22. The minimum atomic E-state index is -0.552. The first-order chi connectivity index (χ1) is 17.1. The first-order valence-corrected chi connectivity index (χ1v) is 13.0. The molecule has 2 heterocycles. The predicted molar refractivity (Wildman–Crippen MR) is 135 cm³/mol. The van der Waals surface area contributed by atoms with Gasteiger partial charge in [-0.05, 0) is 102 Å². The standard InChI is InChI=1S/C25H30N6O3S/c26-24(32)23-13-7-18-16-21(12-14-22(18)34-23)35-27-19-8-10-20(11-9-19)31-25(33)30(28-29-31)15-3-6-17-4-1-2-5-17/h8-12,14,16-17,23,27H,1-7,13,15H2,(H2,26,32). The molecular weight excluding hydrogens is 464 g/mol. The Morgan fingerprint density at radius 2 is 1.91 bits per heavy atom. The van der Waals surface area contributed by atoms with Gasteiger partial charge in [-0.1, -0.05) is 25.7 Å². The Balaban J connectivity index is 1.16. The molecule has 1 aliphatic heterocycles. The summed E-state index contributed by atoms with van der Waals surface area (Å²) in [6.45, 7) is 0.612. The van der Waals surface area contributed by atoms with Crippen molar-refractivity contribution in [3.63, 3.8) is 0 Å². The van der Waals surface area contributed by atoms with Gasteiger partial charge in [0, 0.05) is 17.1 Å². The summed E-state index contributed by atoms with van der Waals surface area (Å²) in [5.74, 6) is 1.09. The molecule has 0 saturated heterocycles. The average molecular weight is 495 g/mol. The number of anilines is 1. The number of aryl methyl sites for hydroxylation is 2. The SMILES string of the molecule is NC(=O)C1CCc2cc(SNc3ccc(-n4nnn(CCCC5CCCC5)c4=O)cc3)ccc2O1. The highest BCUT2D eigenvalue weighted by Crippen LogP contribution is 2.32. The van der Waals surface area contributed by atoms with Gasteiger partial charge in [0.05, 0.1) is 5.69 Å². The van der Waals surface area contributed by atoms with E-state index in [0.717, 1.165) is 41.3 Å². The van der Waals surface area contributed by atoms with Crippen LogP contribution in [0.1, 0.15) is 50.5 Å².